The van der Waals surface area contributed by atoms with Gasteiger partial charge in [-0.2, -0.15) is 0 Å². The fourth-order valence-electron chi connectivity index (χ4n) is 1.72. The molecule has 108 valence electrons. The van der Waals surface area contributed by atoms with E-state index >= 15 is 0 Å². The van der Waals surface area contributed by atoms with Crippen molar-refractivity contribution >= 4 is 29.3 Å². The van der Waals surface area contributed by atoms with Gasteiger partial charge in [-0.15, -0.1) is 15.3 Å². The molecular formula is C11H15N5O2S2. The highest BCUT2D eigenvalue weighted by atomic mass is 32.2. The van der Waals surface area contributed by atoms with E-state index in [9.17, 15) is 4.79 Å². The number of rotatable bonds is 7. The first kappa shape index (κ1) is 14.9. The molecule has 0 unspecified atom stereocenters. The third-order valence-corrected chi connectivity index (χ3v) is 4.30. The summed E-state index contributed by atoms with van der Waals surface area (Å²) in [6.07, 6.45) is 1.70. The predicted octanol–water partition coefficient (Wildman–Crippen LogP) is 1.95. The van der Waals surface area contributed by atoms with Crippen molar-refractivity contribution in [2.45, 2.75) is 38.4 Å². The van der Waals surface area contributed by atoms with Crippen molar-refractivity contribution in [1.82, 2.24) is 24.4 Å². The van der Waals surface area contributed by atoms with E-state index in [1.165, 1.54) is 23.3 Å². The summed E-state index contributed by atoms with van der Waals surface area (Å²) < 4.78 is 5.91. The van der Waals surface area contributed by atoms with Crippen LogP contribution in [0.5, 0.6) is 0 Å². The Labute approximate surface area is 124 Å². The van der Waals surface area contributed by atoms with Crippen molar-refractivity contribution in [3.05, 3.63) is 5.69 Å². The molecule has 0 saturated carbocycles. The first-order valence-electron chi connectivity index (χ1n) is 6.26. The number of hydrogen-bond acceptors (Lipinski definition) is 7. The number of carboxylic acids is 1. The average Bonchev–Trinajstić information content (AvgIpc) is 3.02. The number of aryl methyl sites for hydroxylation is 1. The predicted molar refractivity (Wildman–Crippen MR) is 77.0 cm³/mol. The molecule has 0 radical (unpaired) electrons. The fraction of sp³-hybridized carbons (Fsp3) is 0.545. The van der Waals surface area contributed by atoms with Crippen LogP contribution in [0.1, 0.15) is 26.0 Å². The average molecular weight is 313 g/mol. The molecule has 0 aromatic carbocycles. The van der Waals surface area contributed by atoms with E-state index in [1.54, 1.807) is 0 Å². The monoisotopic (exact) mass is 313 g/mol. The Kier molecular flexibility index (Phi) is 5.07. The summed E-state index contributed by atoms with van der Waals surface area (Å²) in [5.41, 5.74) is 0.898. The molecule has 0 saturated heterocycles. The molecule has 2 rings (SSSR count). The SMILES string of the molecule is CCCn1c(SCC(=O)O)nnc1-c1snnc1CC. The molecule has 0 aliphatic heterocycles. The van der Waals surface area contributed by atoms with Gasteiger partial charge < -0.3 is 9.67 Å². The molecule has 2 aromatic rings. The topological polar surface area (TPSA) is 93.8 Å². The van der Waals surface area contributed by atoms with Crippen molar-refractivity contribution < 1.29 is 9.90 Å². The lowest BCUT2D eigenvalue weighted by atomic mass is 10.3. The minimum absolute atomic E-state index is 0.0244. The molecule has 1 N–H and O–H groups in total. The molecule has 0 atom stereocenters. The third kappa shape index (κ3) is 3.15. The van der Waals surface area contributed by atoms with Gasteiger partial charge >= 0.3 is 5.97 Å². The standard InChI is InChI=1S/C11H15N5O2S2/c1-3-5-16-10(9-7(4-2)12-15-20-9)13-14-11(16)19-6-8(17)18/h3-6H2,1-2H3,(H,17,18). The molecule has 2 aromatic heterocycles. The van der Waals surface area contributed by atoms with Gasteiger partial charge in [0, 0.05) is 6.54 Å². The maximum absolute atomic E-state index is 10.7. The van der Waals surface area contributed by atoms with Crippen LogP contribution in [0.3, 0.4) is 0 Å². The smallest absolute Gasteiger partial charge is 0.313 e. The molecule has 2 heterocycles. The number of aliphatic carboxylic acids is 1. The van der Waals surface area contributed by atoms with Gasteiger partial charge in [-0.25, -0.2) is 0 Å². The third-order valence-electron chi connectivity index (χ3n) is 2.58. The highest BCUT2D eigenvalue weighted by molar-refractivity contribution is 7.99. The summed E-state index contributed by atoms with van der Waals surface area (Å²) in [5, 5.41) is 21.8. The van der Waals surface area contributed by atoms with Crippen LogP contribution in [0.2, 0.25) is 0 Å². The zero-order chi connectivity index (χ0) is 14.5. The summed E-state index contributed by atoms with van der Waals surface area (Å²) in [4.78, 5) is 11.6. The maximum atomic E-state index is 10.7. The van der Waals surface area contributed by atoms with Crippen LogP contribution in [-0.2, 0) is 17.8 Å². The molecule has 9 heteroatoms. The van der Waals surface area contributed by atoms with Crippen molar-refractivity contribution in [2.75, 3.05) is 5.75 Å². The maximum Gasteiger partial charge on any atom is 0.313 e. The van der Waals surface area contributed by atoms with Crippen LogP contribution in [-0.4, -0.2) is 41.2 Å². The van der Waals surface area contributed by atoms with Gasteiger partial charge in [0.15, 0.2) is 11.0 Å². The lowest BCUT2D eigenvalue weighted by Crippen LogP contribution is -2.04. The molecule has 0 amide bonds. The fourth-order valence-corrected chi connectivity index (χ4v) is 3.15. The minimum Gasteiger partial charge on any atom is -0.481 e. The Hall–Kier alpha value is -1.48. The number of hydrogen-bond donors (Lipinski definition) is 1. The molecule has 20 heavy (non-hydrogen) atoms. The Morgan fingerprint density at radius 2 is 2.15 bits per heavy atom. The Bertz CT molecular complexity index is 595. The highest BCUT2D eigenvalue weighted by Crippen LogP contribution is 2.28. The number of aromatic nitrogens is 5. The zero-order valence-electron chi connectivity index (χ0n) is 11.2. The van der Waals surface area contributed by atoms with Crippen LogP contribution < -0.4 is 0 Å². The number of nitrogens with zero attached hydrogens (tertiary/aromatic N) is 5. The van der Waals surface area contributed by atoms with Crippen LogP contribution >= 0.6 is 23.3 Å². The van der Waals surface area contributed by atoms with Crippen molar-refractivity contribution in [3.8, 4) is 10.7 Å². The van der Waals surface area contributed by atoms with Gasteiger partial charge in [-0.1, -0.05) is 30.1 Å². The molecule has 7 nitrogen and oxygen atoms in total. The summed E-state index contributed by atoms with van der Waals surface area (Å²) in [6, 6.07) is 0. The van der Waals surface area contributed by atoms with Crippen LogP contribution in [0, 0.1) is 0 Å². The molecule has 0 spiro atoms. The first-order valence-corrected chi connectivity index (χ1v) is 8.02. The Balaban J connectivity index is 2.35. The van der Waals surface area contributed by atoms with Gasteiger partial charge in [-0.05, 0) is 24.4 Å². The van der Waals surface area contributed by atoms with Gasteiger partial charge in [0.1, 0.15) is 4.88 Å². The van der Waals surface area contributed by atoms with Gasteiger partial charge in [0.05, 0.1) is 11.4 Å². The number of thioether (sulfide) groups is 1. The van der Waals surface area contributed by atoms with Gasteiger partial charge in [0.2, 0.25) is 0 Å². The second-order valence-corrected chi connectivity index (χ2v) is 5.74. The molecule has 0 aliphatic rings. The molecule has 0 aliphatic carbocycles. The summed E-state index contributed by atoms with van der Waals surface area (Å²) in [5.74, 6) is -0.161. The van der Waals surface area contributed by atoms with Crippen LogP contribution in [0.15, 0.2) is 5.16 Å². The van der Waals surface area contributed by atoms with E-state index in [4.69, 9.17) is 5.11 Å². The van der Waals surface area contributed by atoms with E-state index in [0.717, 1.165) is 35.8 Å². The van der Waals surface area contributed by atoms with Crippen LogP contribution in [0.25, 0.3) is 10.7 Å². The molecule has 0 bridgehead atoms. The minimum atomic E-state index is -0.865. The van der Waals surface area contributed by atoms with E-state index in [1.807, 2.05) is 11.5 Å². The lowest BCUT2D eigenvalue weighted by Gasteiger charge is -2.07. The summed E-state index contributed by atoms with van der Waals surface area (Å²) >= 11 is 2.48. The van der Waals surface area contributed by atoms with Crippen molar-refractivity contribution in [1.29, 1.82) is 0 Å². The van der Waals surface area contributed by atoms with E-state index in [2.05, 4.69) is 26.7 Å². The van der Waals surface area contributed by atoms with Crippen molar-refractivity contribution in [3.63, 3.8) is 0 Å². The van der Waals surface area contributed by atoms with E-state index in [0.29, 0.717) is 5.16 Å². The van der Waals surface area contributed by atoms with E-state index < -0.39 is 5.97 Å². The van der Waals surface area contributed by atoms with Gasteiger partial charge in [0.25, 0.3) is 0 Å². The largest absolute Gasteiger partial charge is 0.481 e. The lowest BCUT2D eigenvalue weighted by molar-refractivity contribution is -0.133. The summed E-state index contributed by atoms with van der Waals surface area (Å²) in [7, 11) is 0. The first-order chi connectivity index (χ1) is 9.67. The zero-order valence-corrected chi connectivity index (χ0v) is 12.9. The number of carboxylic acid groups (broad SMARTS) is 1. The van der Waals surface area contributed by atoms with E-state index in [-0.39, 0.29) is 5.75 Å². The summed E-state index contributed by atoms with van der Waals surface area (Å²) in [6.45, 7) is 4.81. The van der Waals surface area contributed by atoms with Crippen LogP contribution in [0.4, 0.5) is 0 Å². The Morgan fingerprint density at radius 3 is 2.80 bits per heavy atom. The van der Waals surface area contributed by atoms with Crippen molar-refractivity contribution in [2.24, 2.45) is 0 Å². The molecular weight excluding hydrogens is 298 g/mol. The highest BCUT2D eigenvalue weighted by Gasteiger charge is 2.19. The second-order valence-electron chi connectivity index (χ2n) is 4.04. The second kappa shape index (κ2) is 6.80. The Morgan fingerprint density at radius 1 is 1.35 bits per heavy atom. The quantitative estimate of drug-likeness (QED) is 0.781. The normalized spacial score (nSPS) is 10.9. The molecule has 0 fully saturated rings. The number of carbonyl (C=O) groups is 1. The van der Waals surface area contributed by atoms with Gasteiger partial charge in [-0.3, -0.25) is 4.79 Å².